The number of nitro groups is 1. The van der Waals surface area contributed by atoms with Gasteiger partial charge in [0.2, 0.25) is 0 Å². The Balaban J connectivity index is 0.00000144. The van der Waals surface area contributed by atoms with Crippen LogP contribution in [-0.4, -0.2) is 19.0 Å². The van der Waals surface area contributed by atoms with Gasteiger partial charge in [-0.25, -0.2) is 0 Å². The minimum atomic E-state index is -0.380. The van der Waals surface area contributed by atoms with Gasteiger partial charge in [0.1, 0.15) is 5.69 Å². The summed E-state index contributed by atoms with van der Waals surface area (Å²) in [6.45, 7) is 0. The fraction of sp³-hybridized carbons (Fsp3) is 0.250. The molecule has 0 aliphatic heterocycles. The summed E-state index contributed by atoms with van der Waals surface area (Å²) >= 11 is 0. The predicted octanol–water partition coefficient (Wildman–Crippen LogP) is 1.72. The first kappa shape index (κ1) is 11.8. The Morgan fingerprint density at radius 3 is 2.23 bits per heavy atom. The van der Waals surface area contributed by atoms with Crippen molar-refractivity contribution >= 4 is 21.3 Å². The summed E-state index contributed by atoms with van der Waals surface area (Å²) in [6, 6.07) is 6.65. The maximum absolute atomic E-state index is 10.5. The molecule has 0 saturated carbocycles. The van der Waals surface area contributed by atoms with Crippen molar-refractivity contribution in [1.29, 1.82) is 0 Å². The van der Waals surface area contributed by atoms with Crippen LogP contribution >= 0.6 is 9.90 Å². The molecule has 1 aromatic carbocycles. The second kappa shape index (κ2) is 4.77. The lowest BCUT2D eigenvalue weighted by Gasteiger charge is -2.11. The van der Waals surface area contributed by atoms with E-state index in [4.69, 9.17) is 0 Å². The molecule has 0 spiro atoms. The van der Waals surface area contributed by atoms with E-state index in [1.165, 1.54) is 6.07 Å². The minimum absolute atomic E-state index is 0. The highest BCUT2D eigenvalue weighted by atomic mass is 31.0. The molecule has 5 heteroatoms. The maximum Gasteiger partial charge on any atom is 0.292 e. The van der Waals surface area contributed by atoms with Crippen LogP contribution in [0.1, 0.15) is 0 Å². The molecule has 13 heavy (non-hydrogen) atoms. The number of para-hydroxylation sites is 2. The molecule has 0 saturated heterocycles. The molecule has 1 unspecified atom stereocenters. The maximum atomic E-state index is 10.5. The van der Waals surface area contributed by atoms with Crippen LogP contribution < -0.4 is 4.90 Å². The van der Waals surface area contributed by atoms with Crippen molar-refractivity contribution in [2.45, 2.75) is 0 Å². The molecular weight excluding hydrogens is 187 g/mol. The molecule has 0 aliphatic rings. The van der Waals surface area contributed by atoms with Crippen molar-refractivity contribution in [2.75, 3.05) is 19.0 Å². The van der Waals surface area contributed by atoms with Gasteiger partial charge in [-0.15, -0.1) is 0 Å². The summed E-state index contributed by atoms with van der Waals surface area (Å²) in [4.78, 5) is 11.8. The van der Waals surface area contributed by atoms with Gasteiger partial charge in [0.15, 0.2) is 0 Å². The van der Waals surface area contributed by atoms with Gasteiger partial charge >= 0.3 is 0 Å². The molecule has 0 aromatic heterocycles. The SMILES string of the molecule is CN(C)c1ccccc1[N+](=O)[O-].P. The number of nitro benzene ring substituents is 1. The first-order valence-corrected chi connectivity index (χ1v) is 3.53. The molecule has 1 rings (SSSR count). The minimum Gasteiger partial charge on any atom is -0.372 e. The van der Waals surface area contributed by atoms with Gasteiger partial charge < -0.3 is 4.90 Å². The zero-order chi connectivity index (χ0) is 9.14. The van der Waals surface area contributed by atoms with E-state index in [0.717, 1.165) is 0 Å². The van der Waals surface area contributed by atoms with Gasteiger partial charge in [-0.1, -0.05) is 12.1 Å². The smallest absolute Gasteiger partial charge is 0.292 e. The summed E-state index contributed by atoms with van der Waals surface area (Å²) in [5.41, 5.74) is 0.769. The Morgan fingerprint density at radius 1 is 1.31 bits per heavy atom. The van der Waals surface area contributed by atoms with Crippen molar-refractivity contribution in [3.05, 3.63) is 34.4 Å². The largest absolute Gasteiger partial charge is 0.372 e. The van der Waals surface area contributed by atoms with E-state index in [2.05, 4.69) is 0 Å². The predicted molar refractivity (Wildman–Crippen MR) is 58.5 cm³/mol. The van der Waals surface area contributed by atoms with Gasteiger partial charge in [-0.3, -0.25) is 10.1 Å². The highest BCUT2D eigenvalue weighted by molar-refractivity contribution is 6.92. The fourth-order valence-electron chi connectivity index (χ4n) is 0.997. The molecule has 0 heterocycles. The lowest BCUT2D eigenvalue weighted by Crippen LogP contribution is -2.10. The Labute approximate surface area is 80.3 Å². The van der Waals surface area contributed by atoms with Crippen LogP contribution in [0, 0.1) is 10.1 Å². The van der Waals surface area contributed by atoms with E-state index >= 15 is 0 Å². The molecule has 0 bridgehead atoms. The highest BCUT2D eigenvalue weighted by Crippen LogP contribution is 2.24. The third-order valence-corrected chi connectivity index (χ3v) is 1.56. The summed E-state index contributed by atoms with van der Waals surface area (Å²) in [5.74, 6) is 0. The zero-order valence-corrected chi connectivity index (χ0v) is 9.14. The van der Waals surface area contributed by atoms with E-state index < -0.39 is 0 Å². The zero-order valence-electron chi connectivity index (χ0n) is 7.73. The molecule has 0 amide bonds. The molecule has 1 aromatic rings. The summed E-state index contributed by atoms with van der Waals surface area (Å²) < 4.78 is 0. The fourth-order valence-corrected chi connectivity index (χ4v) is 0.997. The lowest BCUT2D eigenvalue weighted by molar-refractivity contribution is -0.384. The number of benzene rings is 1. The Bertz CT molecular complexity index is 302. The molecule has 0 radical (unpaired) electrons. The van der Waals surface area contributed by atoms with E-state index in [0.29, 0.717) is 5.69 Å². The first-order valence-electron chi connectivity index (χ1n) is 3.53. The van der Waals surface area contributed by atoms with E-state index in [-0.39, 0.29) is 20.5 Å². The average Bonchev–Trinajstić information content (AvgIpc) is 2.04. The van der Waals surface area contributed by atoms with Crippen molar-refractivity contribution in [3.63, 3.8) is 0 Å². The van der Waals surface area contributed by atoms with Crippen LogP contribution in [-0.2, 0) is 0 Å². The van der Waals surface area contributed by atoms with Crippen LogP contribution in [0.5, 0.6) is 0 Å². The number of rotatable bonds is 2. The van der Waals surface area contributed by atoms with E-state index in [1.807, 2.05) is 0 Å². The third-order valence-electron chi connectivity index (χ3n) is 1.56. The normalized spacial score (nSPS) is 8.77. The number of nitrogens with zero attached hydrogens (tertiary/aromatic N) is 2. The quantitative estimate of drug-likeness (QED) is 0.415. The van der Waals surface area contributed by atoms with Gasteiger partial charge in [0, 0.05) is 20.2 Å². The summed E-state index contributed by atoms with van der Waals surface area (Å²) in [7, 11) is 3.56. The van der Waals surface area contributed by atoms with Crippen molar-refractivity contribution in [3.8, 4) is 0 Å². The monoisotopic (exact) mass is 200 g/mol. The van der Waals surface area contributed by atoms with Gasteiger partial charge in [-0.2, -0.15) is 9.90 Å². The number of anilines is 1. The Hall–Kier alpha value is -1.15. The molecule has 0 aliphatic carbocycles. The molecular formula is C8H13N2O2P. The van der Waals surface area contributed by atoms with Gasteiger partial charge in [0.25, 0.3) is 5.69 Å². The van der Waals surface area contributed by atoms with Crippen molar-refractivity contribution in [2.24, 2.45) is 0 Å². The van der Waals surface area contributed by atoms with Gasteiger partial charge in [-0.05, 0) is 6.07 Å². The second-order valence-corrected chi connectivity index (χ2v) is 2.64. The van der Waals surface area contributed by atoms with E-state index in [9.17, 15) is 10.1 Å². The third kappa shape index (κ3) is 2.67. The summed E-state index contributed by atoms with van der Waals surface area (Å²) in [5, 5.41) is 10.5. The van der Waals surface area contributed by atoms with Crippen LogP contribution in [0.15, 0.2) is 24.3 Å². The van der Waals surface area contributed by atoms with Crippen molar-refractivity contribution < 1.29 is 4.92 Å². The van der Waals surface area contributed by atoms with Crippen LogP contribution in [0.4, 0.5) is 11.4 Å². The van der Waals surface area contributed by atoms with Crippen LogP contribution in [0.25, 0.3) is 0 Å². The van der Waals surface area contributed by atoms with Gasteiger partial charge in [0.05, 0.1) is 4.92 Å². The Kier molecular flexibility index (Phi) is 4.35. The topological polar surface area (TPSA) is 46.4 Å². The van der Waals surface area contributed by atoms with Crippen LogP contribution in [0.3, 0.4) is 0 Å². The molecule has 72 valence electrons. The average molecular weight is 200 g/mol. The highest BCUT2D eigenvalue weighted by Gasteiger charge is 2.12. The summed E-state index contributed by atoms with van der Waals surface area (Å²) in [6.07, 6.45) is 0. The first-order chi connectivity index (χ1) is 5.63. The second-order valence-electron chi connectivity index (χ2n) is 2.64. The number of hydrogen-bond acceptors (Lipinski definition) is 3. The standard InChI is InChI=1S/C8H10N2O2.H3P/c1-9(2)7-5-3-4-6-8(7)10(11)12;/h3-6H,1-2H3;1H3. The van der Waals surface area contributed by atoms with E-state index in [1.54, 1.807) is 37.2 Å². The molecule has 0 N–H and O–H groups in total. The molecule has 0 fully saturated rings. The van der Waals surface area contributed by atoms with Crippen molar-refractivity contribution in [1.82, 2.24) is 0 Å². The molecule has 4 nitrogen and oxygen atoms in total. The lowest BCUT2D eigenvalue weighted by atomic mass is 10.2. The Morgan fingerprint density at radius 2 is 1.85 bits per heavy atom. The molecule has 1 atom stereocenters. The number of hydrogen-bond donors (Lipinski definition) is 0. The van der Waals surface area contributed by atoms with Crippen LogP contribution in [0.2, 0.25) is 0 Å².